The van der Waals surface area contributed by atoms with Crippen LogP contribution in [-0.2, 0) is 4.74 Å². The van der Waals surface area contributed by atoms with Crippen LogP contribution in [0.5, 0.6) is 0 Å². The largest absolute Gasteiger partial charge is 0.500 e. The lowest BCUT2D eigenvalue weighted by Crippen LogP contribution is -2.25. The van der Waals surface area contributed by atoms with Gasteiger partial charge in [0.1, 0.15) is 6.61 Å². The molecule has 2 heteroatoms. The zero-order valence-corrected chi connectivity index (χ0v) is 9.53. The van der Waals surface area contributed by atoms with Crippen LogP contribution in [0.3, 0.4) is 0 Å². The Balaban J connectivity index is 2.33. The van der Waals surface area contributed by atoms with Crippen LogP contribution in [0.1, 0.15) is 39.5 Å². The Hall–Kier alpha value is -0.110. The topological polar surface area (TPSA) is 9.23 Å². The summed E-state index contributed by atoms with van der Waals surface area (Å²) in [6.07, 6.45) is 9.19. The van der Waals surface area contributed by atoms with Crippen molar-refractivity contribution >= 4 is 11.8 Å². The smallest absolute Gasteiger partial charge is 0.102 e. The number of thioether (sulfide) groups is 1. The van der Waals surface area contributed by atoms with E-state index in [4.69, 9.17) is 4.74 Å². The van der Waals surface area contributed by atoms with Gasteiger partial charge >= 0.3 is 0 Å². The van der Waals surface area contributed by atoms with Crippen molar-refractivity contribution in [1.29, 1.82) is 0 Å². The highest BCUT2D eigenvalue weighted by atomic mass is 32.2. The third kappa shape index (κ3) is 4.08. The lowest BCUT2D eigenvalue weighted by Gasteiger charge is -2.26. The summed E-state index contributed by atoms with van der Waals surface area (Å²) in [4.78, 5) is 0. The van der Waals surface area contributed by atoms with Crippen molar-refractivity contribution in [1.82, 2.24) is 0 Å². The van der Waals surface area contributed by atoms with E-state index in [0.29, 0.717) is 4.75 Å². The van der Waals surface area contributed by atoms with E-state index in [9.17, 15) is 0 Å². The molecule has 0 amide bonds. The molecule has 0 N–H and O–H groups in total. The summed E-state index contributed by atoms with van der Waals surface area (Å²) in [6, 6.07) is 0. The molecule has 1 saturated heterocycles. The van der Waals surface area contributed by atoms with Gasteiger partial charge in [-0.15, -0.1) is 0 Å². The Kier molecular flexibility index (Phi) is 4.71. The molecule has 0 aromatic carbocycles. The van der Waals surface area contributed by atoms with Gasteiger partial charge in [-0.3, -0.25) is 0 Å². The molecule has 76 valence electrons. The summed E-state index contributed by atoms with van der Waals surface area (Å²) < 4.78 is 5.84. The molecule has 0 aromatic heterocycles. The number of hydrogen-bond donors (Lipinski definition) is 0. The molecule has 0 spiro atoms. The zero-order chi connectivity index (χ0) is 9.57. The normalized spacial score (nSPS) is 30.3. The summed E-state index contributed by atoms with van der Waals surface area (Å²) in [5.74, 6) is 1.30. The first kappa shape index (κ1) is 11.0. The van der Waals surface area contributed by atoms with Crippen LogP contribution < -0.4 is 0 Å². The summed E-state index contributed by atoms with van der Waals surface area (Å²) in [5, 5.41) is 0. The van der Waals surface area contributed by atoms with E-state index in [1.807, 2.05) is 13.0 Å². The predicted octanol–water partition coefficient (Wildman–Crippen LogP) is 3.60. The molecule has 1 atom stereocenters. The molecule has 1 rings (SSSR count). The van der Waals surface area contributed by atoms with Gasteiger partial charge in [0.25, 0.3) is 0 Å². The second-order valence-electron chi connectivity index (χ2n) is 3.89. The molecule has 1 nitrogen and oxygen atoms in total. The van der Waals surface area contributed by atoms with Crippen LogP contribution in [0.15, 0.2) is 12.3 Å². The lowest BCUT2D eigenvalue weighted by atomic mass is 10.0. The van der Waals surface area contributed by atoms with Crippen LogP contribution in [0.25, 0.3) is 0 Å². The van der Waals surface area contributed by atoms with Gasteiger partial charge in [-0.1, -0.05) is 18.9 Å². The van der Waals surface area contributed by atoms with E-state index >= 15 is 0 Å². The highest BCUT2D eigenvalue weighted by Gasteiger charge is 2.26. The molecule has 0 aliphatic carbocycles. The maximum absolute atomic E-state index is 5.48. The first-order valence-electron chi connectivity index (χ1n) is 5.13. The molecule has 0 radical (unpaired) electrons. The fourth-order valence-electron chi connectivity index (χ4n) is 1.60. The van der Waals surface area contributed by atoms with Crippen LogP contribution in [0.2, 0.25) is 0 Å². The third-order valence-corrected chi connectivity index (χ3v) is 3.93. The fourth-order valence-corrected chi connectivity index (χ4v) is 2.88. The van der Waals surface area contributed by atoms with Crippen molar-refractivity contribution in [2.45, 2.75) is 44.3 Å². The molecule has 1 heterocycles. The highest BCUT2D eigenvalue weighted by Crippen LogP contribution is 2.35. The number of rotatable bonds is 3. The van der Waals surface area contributed by atoms with E-state index in [1.165, 1.54) is 31.4 Å². The number of allylic oxidation sites excluding steroid dienone is 1. The summed E-state index contributed by atoms with van der Waals surface area (Å²) in [6.45, 7) is 5.18. The average Bonchev–Trinajstić information content (AvgIpc) is 2.31. The van der Waals surface area contributed by atoms with Gasteiger partial charge in [0.2, 0.25) is 0 Å². The van der Waals surface area contributed by atoms with E-state index in [-0.39, 0.29) is 0 Å². The van der Waals surface area contributed by atoms with Crippen LogP contribution in [0.4, 0.5) is 0 Å². The van der Waals surface area contributed by atoms with Crippen molar-refractivity contribution in [2.24, 2.45) is 0 Å². The Morgan fingerprint density at radius 3 is 3.00 bits per heavy atom. The molecular weight excluding hydrogens is 180 g/mol. The molecule has 0 aromatic rings. The van der Waals surface area contributed by atoms with Gasteiger partial charge in [0, 0.05) is 4.75 Å². The molecule has 1 aliphatic heterocycles. The van der Waals surface area contributed by atoms with Gasteiger partial charge in [-0.2, -0.15) is 11.8 Å². The first-order valence-corrected chi connectivity index (χ1v) is 6.12. The Labute approximate surface area is 85.9 Å². The minimum atomic E-state index is 0.357. The minimum Gasteiger partial charge on any atom is -0.500 e. The van der Waals surface area contributed by atoms with Gasteiger partial charge < -0.3 is 4.74 Å². The Bertz CT molecular complexity index is 157. The van der Waals surface area contributed by atoms with E-state index in [0.717, 1.165) is 6.61 Å². The summed E-state index contributed by atoms with van der Waals surface area (Å²) in [7, 11) is 0. The van der Waals surface area contributed by atoms with Crippen molar-refractivity contribution in [3.63, 3.8) is 0 Å². The van der Waals surface area contributed by atoms with Crippen molar-refractivity contribution in [3.05, 3.63) is 12.3 Å². The molecule has 1 unspecified atom stereocenters. The maximum Gasteiger partial charge on any atom is 0.102 e. The van der Waals surface area contributed by atoms with E-state index in [1.54, 1.807) is 6.26 Å². The molecular formula is C11H20OS. The second-order valence-corrected chi connectivity index (χ2v) is 5.57. The quantitative estimate of drug-likeness (QED) is 0.644. The van der Waals surface area contributed by atoms with Crippen LogP contribution in [-0.4, -0.2) is 17.1 Å². The van der Waals surface area contributed by atoms with Gasteiger partial charge in [-0.05, 0) is 32.4 Å². The van der Waals surface area contributed by atoms with Crippen LogP contribution >= 0.6 is 11.8 Å². The molecule has 13 heavy (non-hydrogen) atoms. The number of ether oxygens (including phenoxy) is 1. The summed E-state index contributed by atoms with van der Waals surface area (Å²) in [5.41, 5.74) is 0. The molecule has 0 bridgehead atoms. The third-order valence-electron chi connectivity index (χ3n) is 2.42. The predicted molar refractivity (Wildman–Crippen MR) is 60.1 cm³/mol. The molecule has 1 fully saturated rings. The second kappa shape index (κ2) is 5.58. The Morgan fingerprint density at radius 1 is 1.38 bits per heavy atom. The van der Waals surface area contributed by atoms with Crippen molar-refractivity contribution < 1.29 is 4.74 Å². The lowest BCUT2D eigenvalue weighted by molar-refractivity contribution is 0.213. The monoisotopic (exact) mass is 200 g/mol. The standard InChI is InChI=1S/C11H20OS/c1-3-8-12-10-11(2)7-5-4-6-9-13-11/h3,8H,4-7,9-10H2,1-2H3/b8-3+. The average molecular weight is 200 g/mol. The maximum atomic E-state index is 5.48. The van der Waals surface area contributed by atoms with Crippen molar-refractivity contribution in [2.75, 3.05) is 12.4 Å². The fraction of sp³-hybridized carbons (Fsp3) is 0.818. The van der Waals surface area contributed by atoms with E-state index < -0.39 is 0 Å². The SMILES string of the molecule is C/C=C/OCC1(C)CCCCCS1. The van der Waals surface area contributed by atoms with Gasteiger partial charge in [0.15, 0.2) is 0 Å². The first-order chi connectivity index (χ1) is 6.27. The van der Waals surface area contributed by atoms with Gasteiger partial charge in [-0.25, -0.2) is 0 Å². The summed E-state index contributed by atoms with van der Waals surface area (Å²) >= 11 is 2.08. The van der Waals surface area contributed by atoms with Crippen molar-refractivity contribution in [3.8, 4) is 0 Å². The highest BCUT2D eigenvalue weighted by molar-refractivity contribution is 8.00. The molecule has 1 aliphatic rings. The molecule has 0 saturated carbocycles. The zero-order valence-electron chi connectivity index (χ0n) is 8.71. The van der Waals surface area contributed by atoms with Gasteiger partial charge in [0.05, 0.1) is 6.26 Å². The number of hydrogen-bond acceptors (Lipinski definition) is 2. The minimum absolute atomic E-state index is 0.357. The van der Waals surface area contributed by atoms with Crippen LogP contribution in [0, 0.1) is 0 Å². The Morgan fingerprint density at radius 2 is 2.23 bits per heavy atom. The van der Waals surface area contributed by atoms with E-state index in [2.05, 4.69) is 18.7 Å².